The SMILES string of the molecule is NC1=CC(CC2=CC3(O)C(Oc4cc5oc(-c6ccc(OC(CO)C(O)c7ccc(N)[nH]7)cc6)cc(=O)c5c(O)c4OC(O)c4cccc(O)c4)OC(C(=O)O)C(O)(C2C2CNCN2)C3O)=CCN1. The van der Waals surface area contributed by atoms with Gasteiger partial charge < -0.3 is 96.4 Å². The van der Waals surface area contributed by atoms with Gasteiger partial charge in [0.1, 0.15) is 51.9 Å². The van der Waals surface area contributed by atoms with Crippen molar-refractivity contribution in [3.05, 3.63) is 129 Å². The summed E-state index contributed by atoms with van der Waals surface area (Å²) in [6.07, 6.45) is -6.43. The summed E-state index contributed by atoms with van der Waals surface area (Å²) < 4.78 is 30.0. The number of aromatic nitrogens is 1. The first-order valence-electron chi connectivity index (χ1n) is 21.7. The molecular formula is C47H50N6O16. The molecule has 0 saturated carbocycles. The predicted octanol–water partition coefficient (Wildman–Crippen LogP) is 0.131. The van der Waals surface area contributed by atoms with Gasteiger partial charge in [0.15, 0.2) is 34.7 Å². The molecule has 10 unspecified atom stereocenters. The quantitative estimate of drug-likeness (QED) is 0.0490. The van der Waals surface area contributed by atoms with Crippen LogP contribution in [0.5, 0.6) is 28.7 Å². The van der Waals surface area contributed by atoms with E-state index in [0.29, 0.717) is 40.6 Å². The molecule has 2 fully saturated rings. The van der Waals surface area contributed by atoms with Crippen LogP contribution in [0.15, 0.2) is 117 Å². The fourth-order valence-electron chi connectivity index (χ4n) is 9.43. The molecule has 22 heteroatoms. The number of hydrogen-bond acceptors (Lipinski definition) is 20. The van der Waals surface area contributed by atoms with Crippen molar-refractivity contribution in [3.8, 4) is 40.1 Å². The second-order valence-corrected chi connectivity index (χ2v) is 17.2. The second kappa shape index (κ2) is 18.4. The number of phenols is 2. The molecule has 2 bridgehead atoms. The minimum absolute atomic E-state index is 0.0224. The van der Waals surface area contributed by atoms with E-state index in [-0.39, 0.29) is 48.0 Å². The number of aliphatic hydroxyl groups excluding tert-OH is 4. The van der Waals surface area contributed by atoms with Crippen molar-refractivity contribution in [1.29, 1.82) is 0 Å². The number of carboxylic acids is 1. The Kier molecular flexibility index (Phi) is 12.5. The number of aromatic amines is 1. The molecule has 2 saturated heterocycles. The van der Waals surface area contributed by atoms with Crippen LogP contribution in [0, 0.1) is 5.92 Å². The molecule has 2 aromatic heterocycles. The Morgan fingerprint density at radius 1 is 1.00 bits per heavy atom. The zero-order valence-electron chi connectivity index (χ0n) is 36.4. The number of H-pyrrole nitrogens is 1. The minimum Gasteiger partial charge on any atom is -0.508 e. The molecule has 22 nitrogen and oxygen atoms in total. The number of rotatable bonds is 15. The topological polar surface area (TPSA) is 370 Å². The first-order valence-corrected chi connectivity index (χ1v) is 21.7. The average molecular weight is 955 g/mol. The molecule has 5 heterocycles. The smallest absolute Gasteiger partial charge is 0.336 e. The lowest BCUT2D eigenvalue weighted by molar-refractivity contribution is -0.344. The first-order chi connectivity index (χ1) is 33.0. The lowest BCUT2D eigenvalue weighted by Crippen LogP contribution is -2.79. The van der Waals surface area contributed by atoms with Gasteiger partial charge in [-0.15, -0.1) is 0 Å². The van der Waals surface area contributed by atoms with Gasteiger partial charge >= 0.3 is 5.97 Å². The summed E-state index contributed by atoms with van der Waals surface area (Å²) in [4.78, 5) is 29.9. The molecule has 1 aliphatic carbocycles. The maximum atomic E-state index is 13.9. The zero-order chi connectivity index (χ0) is 48.9. The molecule has 0 radical (unpaired) electrons. The second-order valence-electron chi connectivity index (χ2n) is 17.2. The molecule has 3 aliphatic heterocycles. The van der Waals surface area contributed by atoms with Gasteiger partial charge in [0.2, 0.25) is 18.3 Å². The highest BCUT2D eigenvalue weighted by Crippen LogP contribution is 2.53. The lowest BCUT2D eigenvalue weighted by atomic mass is 9.59. The Morgan fingerprint density at radius 3 is 2.45 bits per heavy atom. The largest absolute Gasteiger partial charge is 0.508 e. The highest BCUT2D eigenvalue weighted by molar-refractivity contribution is 5.89. The molecule has 17 N–H and O–H groups in total. The molecule has 4 aliphatic rings. The number of aliphatic carboxylic acids is 1. The molecule has 69 heavy (non-hydrogen) atoms. The van der Waals surface area contributed by atoms with E-state index in [1.54, 1.807) is 18.2 Å². The molecule has 0 spiro atoms. The zero-order valence-corrected chi connectivity index (χ0v) is 36.4. The number of allylic oxidation sites excluding steroid dienone is 2. The van der Waals surface area contributed by atoms with E-state index >= 15 is 0 Å². The van der Waals surface area contributed by atoms with Crippen LogP contribution in [0.4, 0.5) is 5.82 Å². The summed E-state index contributed by atoms with van der Waals surface area (Å²) in [6.45, 7) is 0.313. The number of nitrogens with one attached hydrogen (secondary N) is 4. The van der Waals surface area contributed by atoms with Gasteiger partial charge in [0, 0.05) is 60.7 Å². The normalized spacial score (nSPS) is 26.8. The van der Waals surface area contributed by atoms with Gasteiger partial charge in [-0.3, -0.25) is 10.1 Å². The Labute approximate surface area is 390 Å². The minimum atomic E-state index is -2.75. The van der Waals surface area contributed by atoms with E-state index in [1.807, 2.05) is 6.08 Å². The van der Waals surface area contributed by atoms with Crippen molar-refractivity contribution in [2.24, 2.45) is 11.7 Å². The number of fused-ring (bicyclic) bond motifs is 3. The van der Waals surface area contributed by atoms with E-state index in [0.717, 1.165) is 18.2 Å². The van der Waals surface area contributed by atoms with Crippen molar-refractivity contribution in [3.63, 3.8) is 0 Å². The molecular weight excluding hydrogens is 905 g/mol. The van der Waals surface area contributed by atoms with Crippen LogP contribution in [-0.4, -0.2) is 125 Å². The molecule has 364 valence electrons. The molecule has 0 amide bonds. The summed E-state index contributed by atoms with van der Waals surface area (Å²) in [7, 11) is 0. The number of ether oxygens (including phenoxy) is 4. The predicted molar refractivity (Wildman–Crippen MR) is 242 cm³/mol. The maximum Gasteiger partial charge on any atom is 0.336 e. The van der Waals surface area contributed by atoms with Crippen molar-refractivity contribution >= 4 is 22.8 Å². The van der Waals surface area contributed by atoms with Gasteiger partial charge in [-0.1, -0.05) is 23.8 Å². The number of phenolic OH excluding ortho intramolecular Hbond substituents is 2. The highest BCUT2D eigenvalue weighted by atomic mass is 16.7. The summed E-state index contributed by atoms with van der Waals surface area (Å²) in [5.74, 6) is -4.65. The average Bonchev–Trinajstić information content (AvgIpc) is 4.01. The van der Waals surface area contributed by atoms with Crippen LogP contribution in [0.25, 0.3) is 22.3 Å². The number of nitrogen functional groups attached to an aromatic ring is 1. The number of dihydropyridines is 1. The van der Waals surface area contributed by atoms with Crippen molar-refractivity contribution in [2.75, 3.05) is 32.1 Å². The van der Waals surface area contributed by atoms with E-state index in [9.17, 15) is 55.5 Å². The number of carboxylic acid groups (broad SMARTS) is 1. The third-order valence-corrected chi connectivity index (χ3v) is 12.7. The Morgan fingerprint density at radius 2 is 1.78 bits per heavy atom. The number of anilines is 1. The Bertz CT molecular complexity index is 2910. The maximum absolute atomic E-state index is 13.9. The van der Waals surface area contributed by atoms with Crippen LogP contribution in [-0.2, 0) is 9.53 Å². The van der Waals surface area contributed by atoms with Crippen molar-refractivity contribution < 1.29 is 74.1 Å². The fraction of sp³-hybridized carbons (Fsp3) is 0.319. The third kappa shape index (κ3) is 8.69. The van der Waals surface area contributed by atoms with Crippen LogP contribution >= 0.6 is 0 Å². The van der Waals surface area contributed by atoms with Gasteiger partial charge in [-0.25, -0.2) is 4.79 Å². The van der Waals surface area contributed by atoms with Crippen molar-refractivity contribution in [2.45, 2.75) is 60.7 Å². The van der Waals surface area contributed by atoms with Gasteiger partial charge in [-0.05, 0) is 72.7 Å². The number of aromatic hydroxyl groups is 2. The van der Waals surface area contributed by atoms with Crippen LogP contribution in [0.3, 0.4) is 0 Å². The van der Waals surface area contributed by atoms with Gasteiger partial charge in [0.05, 0.1) is 12.4 Å². The van der Waals surface area contributed by atoms with Crippen molar-refractivity contribution in [1.82, 2.24) is 20.9 Å². The number of carbonyl (C=O) groups is 1. The van der Waals surface area contributed by atoms with E-state index in [4.69, 9.17) is 34.8 Å². The summed E-state index contributed by atoms with van der Waals surface area (Å²) >= 11 is 0. The highest BCUT2D eigenvalue weighted by Gasteiger charge is 2.71. The first kappa shape index (κ1) is 47.0. The van der Waals surface area contributed by atoms with E-state index < -0.39 is 101 Å². The molecule has 5 aromatic rings. The summed E-state index contributed by atoms with van der Waals surface area (Å²) in [5.41, 5.74) is 6.72. The number of benzene rings is 3. The molecule has 10 atom stereocenters. The van der Waals surface area contributed by atoms with Crippen LogP contribution in [0.1, 0.15) is 30.1 Å². The Balaban J connectivity index is 1.12. The molecule has 9 rings (SSSR count). The monoisotopic (exact) mass is 954 g/mol. The standard InChI is InChI=1S/C47H50N6O16/c48-34-9-8-27(53-34)38(57)33(19-54)65-26-6-4-22(5-7-26)30-15-29(56)36-31(66-30)16-32(40(39(36)58)68-43(61)23-2-1-3-25(55)14-23)67-45-46(63)17-24(12-21-10-11-51-35(49)13-21)37(28-18-50-20-52-28)47(64,44(46)62)41(69-45)42(59)60/h1-10,13-17,28,33,37-38,41,43-45,50-55,57-58,61-64H,11-12,18-20,48-49H2,(H,59,60). The van der Waals surface area contributed by atoms with E-state index in [1.165, 1.54) is 48.5 Å². The molecule has 3 aromatic carbocycles. The van der Waals surface area contributed by atoms with Gasteiger partial charge in [-0.2, -0.15) is 0 Å². The van der Waals surface area contributed by atoms with Crippen LogP contribution < -0.4 is 47.1 Å². The third-order valence-electron chi connectivity index (χ3n) is 12.7. The number of hydrogen-bond donors (Lipinski definition) is 15. The number of nitrogens with two attached hydrogens (primary N) is 2. The Hall–Kier alpha value is -7.12. The fourth-order valence-corrected chi connectivity index (χ4v) is 9.43. The lowest BCUT2D eigenvalue weighted by Gasteiger charge is -2.58. The van der Waals surface area contributed by atoms with Crippen LogP contribution in [0.2, 0.25) is 0 Å². The van der Waals surface area contributed by atoms with Gasteiger partial charge in [0.25, 0.3) is 0 Å². The van der Waals surface area contributed by atoms with E-state index in [2.05, 4.69) is 20.9 Å². The number of aliphatic hydroxyl groups is 6. The summed E-state index contributed by atoms with van der Waals surface area (Å²) in [6, 6.07) is 15.8. The summed E-state index contributed by atoms with van der Waals surface area (Å²) in [5, 5.41) is 111.